The number of carbonyl (C=O) groups is 1. The lowest BCUT2D eigenvalue weighted by molar-refractivity contribution is 0.0996. The van der Waals surface area contributed by atoms with Crippen LogP contribution in [0.5, 0.6) is 11.6 Å². The molecular formula is C21H14ClN3O2S. The Morgan fingerprint density at radius 1 is 1.04 bits per heavy atom. The fourth-order valence-corrected chi connectivity index (χ4v) is 3.78. The maximum Gasteiger partial charge on any atom is 0.219 e. The summed E-state index contributed by atoms with van der Waals surface area (Å²) in [6.45, 7) is 0. The molecule has 0 saturated heterocycles. The molecular weight excluding hydrogens is 394 g/mol. The predicted molar refractivity (Wildman–Crippen MR) is 109 cm³/mol. The summed E-state index contributed by atoms with van der Waals surface area (Å²) in [5.74, 6) is 1.08. The minimum absolute atomic E-state index is 0.101. The van der Waals surface area contributed by atoms with Crippen molar-refractivity contribution in [3.8, 4) is 22.2 Å². The molecule has 4 aromatic rings. The molecule has 28 heavy (non-hydrogen) atoms. The molecule has 4 rings (SSSR count). The van der Waals surface area contributed by atoms with Crippen LogP contribution in [0.15, 0.2) is 73.2 Å². The molecule has 3 aromatic heterocycles. The second-order valence-electron chi connectivity index (χ2n) is 5.90. The highest BCUT2D eigenvalue weighted by atomic mass is 35.5. The van der Waals surface area contributed by atoms with Gasteiger partial charge in [-0.15, -0.1) is 11.3 Å². The van der Waals surface area contributed by atoms with Crippen molar-refractivity contribution in [1.29, 1.82) is 0 Å². The molecule has 138 valence electrons. The average molecular weight is 408 g/mol. The second-order valence-corrected chi connectivity index (χ2v) is 7.26. The summed E-state index contributed by atoms with van der Waals surface area (Å²) in [5, 5.41) is 0.886. The fraction of sp³-hybridized carbons (Fsp3) is 0.0476. The number of benzene rings is 1. The van der Waals surface area contributed by atoms with Crippen LogP contribution in [0.3, 0.4) is 0 Å². The third-order valence-corrected chi connectivity index (χ3v) is 5.41. The normalized spacial score (nSPS) is 10.6. The van der Waals surface area contributed by atoms with E-state index in [0.717, 1.165) is 11.1 Å². The summed E-state index contributed by atoms with van der Waals surface area (Å²) < 4.78 is 5.66. The van der Waals surface area contributed by atoms with Gasteiger partial charge < -0.3 is 4.74 Å². The van der Waals surface area contributed by atoms with E-state index < -0.39 is 0 Å². The Hall–Kier alpha value is -3.09. The number of ketones is 1. The molecule has 0 saturated carbocycles. The molecule has 0 fully saturated rings. The van der Waals surface area contributed by atoms with Gasteiger partial charge in [0.15, 0.2) is 10.9 Å². The van der Waals surface area contributed by atoms with Crippen molar-refractivity contribution in [3.63, 3.8) is 0 Å². The Balaban J connectivity index is 1.46. The number of pyridine rings is 2. The molecule has 0 spiro atoms. The Morgan fingerprint density at radius 2 is 1.89 bits per heavy atom. The number of hydrogen-bond donors (Lipinski definition) is 0. The Kier molecular flexibility index (Phi) is 5.41. The smallest absolute Gasteiger partial charge is 0.219 e. The zero-order valence-electron chi connectivity index (χ0n) is 14.6. The monoisotopic (exact) mass is 407 g/mol. The van der Waals surface area contributed by atoms with Crippen molar-refractivity contribution in [1.82, 2.24) is 15.0 Å². The minimum Gasteiger partial charge on any atom is -0.439 e. The predicted octanol–water partition coefficient (Wildman–Crippen LogP) is 5.47. The topological polar surface area (TPSA) is 65.0 Å². The third-order valence-electron chi connectivity index (χ3n) is 3.88. The SMILES string of the molecule is O=C(Cc1ccc(Oc2ccccc2)nc1)c1sc(-c2cccnc2)nc1Cl. The van der Waals surface area contributed by atoms with Crippen LogP contribution < -0.4 is 4.74 Å². The van der Waals surface area contributed by atoms with Crippen molar-refractivity contribution in [3.05, 3.63) is 88.8 Å². The van der Waals surface area contributed by atoms with Crippen LogP contribution >= 0.6 is 22.9 Å². The third kappa shape index (κ3) is 4.24. The highest BCUT2D eigenvalue weighted by molar-refractivity contribution is 7.17. The molecule has 0 atom stereocenters. The molecule has 0 aliphatic rings. The average Bonchev–Trinajstić information content (AvgIpc) is 3.13. The van der Waals surface area contributed by atoms with E-state index in [0.29, 0.717) is 21.5 Å². The van der Waals surface area contributed by atoms with Crippen molar-refractivity contribution in [2.24, 2.45) is 0 Å². The second kappa shape index (κ2) is 8.29. The van der Waals surface area contributed by atoms with Crippen molar-refractivity contribution < 1.29 is 9.53 Å². The Labute approximate surface area is 170 Å². The van der Waals surface area contributed by atoms with E-state index in [1.807, 2.05) is 48.5 Å². The van der Waals surface area contributed by atoms with Gasteiger partial charge in [-0.05, 0) is 29.8 Å². The summed E-state index contributed by atoms with van der Waals surface area (Å²) in [5.41, 5.74) is 1.61. The van der Waals surface area contributed by atoms with E-state index in [-0.39, 0.29) is 17.4 Å². The number of halogens is 1. The number of hydrogen-bond acceptors (Lipinski definition) is 6. The summed E-state index contributed by atoms with van der Waals surface area (Å²) in [7, 11) is 0. The molecule has 0 unspecified atom stereocenters. The van der Waals surface area contributed by atoms with Crippen LogP contribution in [-0.4, -0.2) is 20.7 Å². The maximum atomic E-state index is 12.7. The fourth-order valence-electron chi connectivity index (χ4n) is 2.54. The van der Waals surface area contributed by atoms with Crippen molar-refractivity contribution >= 4 is 28.7 Å². The van der Waals surface area contributed by atoms with E-state index >= 15 is 0 Å². The van der Waals surface area contributed by atoms with E-state index in [4.69, 9.17) is 16.3 Å². The lowest BCUT2D eigenvalue weighted by Crippen LogP contribution is -2.02. The van der Waals surface area contributed by atoms with Gasteiger partial charge in [-0.25, -0.2) is 9.97 Å². The molecule has 0 aliphatic carbocycles. The molecule has 0 bridgehead atoms. The molecule has 0 aliphatic heterocycles. The van der Waals surface area contributed by atoms with Gasteiger partial charge in [-0.1, -0.05) is 35.9 Å². The van der Waals surface area contributed by atoms with E-state index in [2.05, 4.69) is 15.0 Å². The highest BCUT2D eigenvalue weighted by Crippen LogP contribution is 2.31. The molecule has 0 amide bonds. The zero-order chi connectivity index (χ0) is 19.3. The van der Waals surface area contributed by atoms with Crippen LogP contribution in [-0.2, 0) is 6.42 Å². The zero-order valence-corrected chi connectivity index (χ0v) is 16.2. The van der Waals surface area contributed by atoms with Gasteiger partial charge in [0, 0.05) is 36.6 Å². The molecule has 0 radical (unpaired) electrons. The number of nitrogens with zero attached hydrogens (tertiary/aromatic N) is 3. The number of carbonyl (C=O) groups excluding carboxylic acids is 1. The van der Waals surface area contributed by atoms with Crippen LogP contribution in [0.25, 0.3) is 10.6 Å². The summed E-state index contributed by atoms with van der Waals surface area (Å²) >= 11 is 7.46. The minimum atomic E-state index is -0.101. The number of aromatic nitrogens is 3. The standard InChI is InChI=1S/C21H14ClN3O2S/c22-20-19(28-21(25-20)15-5-4-10-23-13-15)17(26)11-14-8-9-18(24-12-14)27-16-6-2-1-3-7-16/h1-10,12-13H,11H2. The lowest BCUT2D eigenvalue weighted by atomic mass is 10.1. The number of thiazole rings is 1. The van der Waals surface area contributed by atoms with Gasteiger partial charge in [0.2, 0.25) is 5.88 Å². The largest absolute Gasteiger partial charge is 0.439 e. The van der Waals surface area contributed by atoms with Crippen molar-refractivity contribution in [2.45, 2.75) is 6.42 Å². The molecule has 0 N–H and O–H groups in total. The van der Waals surface area contributed by atoms with Gasteiger partial charge in [0.1, 0.15) is 15.6 Å². The van der Waals surface area contributed by atoms with Gasteiger partial charge in [0.25, 0.3) is 0 Å². The Morgan fingerprint density at radius 3 is 2.61 bits per heavy atom. The number of rotatable bonds is 6. The summed E-state index contributed by atoms with van der Waals surface area (Å²) in [6, 6.07) is 16.7. The van der Waals surface area contributed by atoms with E-state index in [1.54, 1.807) is 24.7 Å². The van der Waals surface area contributed by atoms with Crippen molar-refractivity contribution in [2.75, 3.05) is 0 Å². The molecule has 7 heteroatoms. The quantitative estimate of drug-likeness (QED) is 0.396. The first kappa shape index (κ1) is 18.3. The maximum absolute atomic E-state index is 12.7. The van der Waals surface area contributed by atoms with Crippen LogP contribution in [0.1, 0.15) is 15.2 Å². The van der Waals surface area contributed by atoms with Crippen LogP contribution in [0.2, 0.25) is 5.15 Å². The van der Waals surface area contributed by atoms with Crippen LogP contribution in [0.4, 0.5) is 0 Å². The molecule has 1 aromatic carbocycles. The Bertz CT molecular complexity index is 1080. The van der Waals surface area contributed by atoms with Gasteiger partial charge in [0.05, 0.1) is 0 Å². The van der Waals surface area contributed by atoms with Crippen LogP contribution in [0, 0.1) is 0 Å². The van der Waals surface area contributed by atoms with E-state index in [1.165, 1.54) is 11.3 Å². The summed E-state index contributed by atoms with van der Waals surface area (Å²) in [6.07, 6.45) is 5.20. The van der Waals surface area contributed by atoms with Gasteiger partial charge >= 0.3 is 0 Å². The number of Topliss-reactive ketones (excluding diaryl/α,β-unsaturated/α-hetero) is 1. The molecule has 3 heterocycles. The number of ether oxygens (including phenoxy) is 1. The van der Waals surface area contributed by atoms with Gasteiger partial charge in [-0.3, -0.25) is 9.78 Å². The first-order chi connectivity index (χ1) is 13.7. The lowest BCUT2D eigenvalue weighted by Gasteiger charge is -2.05. The number of para-hydroxylation sites is 1. The summed E-state index contributed by atoms with van der Waals surface area (Å²) in [4.78, 5) is 25.7. The molecule has 5 nitrogen and oxygen atoms in total. The first-order valence-corrected chi connectivity index (χ1v) is 9.66. The van der Waals surface area contributed by atoms with E-state index in [9.17, 15) is 4.79 Å². The highest BCUT2D eigenvalue weighted by Gasteiger charge is 2.18. The van der Waals surface area contributed by atoms with Gasteiger partial charge in [-0.2, -0.15) is 0 Å². The first-order valence-electron chi connectivity index (χ1n) is 8.47.